The van der Waals surface area contributed by atoms with Crippen molar-refractivity contribution in [3.05, 3.63) is 35.4 Å². The van der Waals surface area contributed by atoms with Gasteiger partial charge in [-0.2, -0.15) is 0 Å². The van der Waals surface area contributed by atoms with E-state index >= 15 is 0 Å². The molecule has 3 rings (SSSR count). The van der Waals surface area contributed by atoms with Crippen LogP contribution in [0.15, 0.2) is 24.3 Å². The summed E-state index contributed by atoms with van der Waals surface area (Å²) in [5, 5.41) is 1.10. The summed E-state index contributed by atoms with van der Waals surface area (Å²) < 4.78 is 5.68. The molecule has 2 unspecified atom stereocenters. The van der Waals surface area contributed by atoms with Gasteiger partial charge in [-0.15, -0.1) is 0 Å². The van der Waals surface area contributed by atoms with E-state index in [0.717, 1.165) is 24.5 Å². The Hall–Kier alpha value is -0.340. The van der Waals surface area contributed by atoms with Gasteiger partial charge in [0.25, 0.3) is 0 Å². The molecule has 2 heteroatoms. The van der Waals surface area contributed by atoms with Crippen LogP contribution in [0.4, 0.5) is 0 Å². The zero-order valence-corrected chi connectivity index (χ0v) is 9.59. The Balaban J connectivity index is 2.05. The van der Waals surface area contributed by atoms with Gasteiger partial charge in [0, 0.05) is 10.7 Å². The Kier molecular flexibility index (Phi) is 1.96. The number of ether oxygens (including phenoxy) is 1. The van der Waals surface area contributed by atoms with E-state index in [1.165, 1.54) is 17.5 Å². The number of benzene rings is 1. The molecule has 0 bridgehead atoms. The fourth-order valence-corrected chi connectivity index (χ4v) is 3.49. The topological polar surface area (TPSA) is 9.23 Å². The van der Waals surface area contributed by atoms with Gasteiger partial charge < -0.3 is 4.74 Å². The fourth-order valence-electron chi connectivity index (χ4n) is 2.64. The van der Waals surface area contributed by atoms with Crippen molar-refractivity contribution in [2.24, 2.45) is 5.92 Å². The molecule has 0 aromatic heterocycles. The second-order valence-electron chi connectivity index (χ2n) is 4.36. The summed E-state index contributed by atoms with van der Waals surface area (Å²) in [6, 6.07) is 8.72. The summed E-state index contributed by atoms with van der Waals surface area (Å²) in [4.78, 5) is 0. The number of hydrogen-bond acceptors (Lipinski definition) is 1. The van der Waals surface area contributed by atoms with Gasteiger partial charge in [0.15, 0.2) is 0 Å². The lowest BCUT2D eigenvalue weighted by Crippen LogP contribution is -2.25. The molecule has 1 aliphatic carbocycles. The molecule has 0 saturated heterocycles. The van der Waals surface area contributed by atoms with Gasteiger partial charge >= 0.3 is 0 Å². The van der Waals surface area contributed by atoms with Gasteiger partial charge in [-0.25, -0.2) is 0 Å². The van der Waals surface area contributed by atoms with Crippen LogP contribution in [0, 0.1) is 5.92 Å². The average Bonchev–Trinajstić information content (AvgIpc) is 2.94. The monoisotopic (exact) mass is 252 g/mol. The Bertz CT molecular complexity index is 363. The molecular weight excluding hydrogens is 240 g/mol. The van der Waals surface area contributed by atoms with Crippen molar-refractivity contribution in [2.75, 3.05) is 11.9 Å². The first-order valence-electron chi connectivity index (χ1n) is 5.09. The summed E-state index contributed by atoms with van der Waals surface area (Å²) in [7, 11) is 0. The lowest BCUT2D eigenvalue weighted by atomic mass is 9.88. The lowest BCUT2D eigenvalue weighted by molar-refractivity contribution is 0.0802. The molecule has 2 atom stereocenters. The van der Waals surface area contributed by atoms with Crippen LogP contribution in [0.25, 0.3) is 0 Å². The van der Waals surface area contributed by atoms with Crippen LogP contribution in [-0.4, -0.2) is 11.9 Å². The van der Waals surface area contributed by atoms with Crippen LogP contribution in [0.2, 0.25) is 0 Å². The van der Waals surface area contributed by atoms with Crippen molar-refractivity contribution in [3.8, 4) is 0 Å². The van der Waals surface area contributed by atoms with E-state index in [4.69, 9.17) is 4.74 Å². The van der Waals surface area contributed by atoms with Crippen LogP contribution < -0.4 is 0 Å². The lowest BCUT2D eigenvalue weighted by Gasteiger charge is -2.26. The quantitative estimate of drug-likeness (QED) is 0.699. The molecular formula is C12H13BrO. The third kappa shape index (κ3) is 1.10. The number of fused-ring (bicyclic) bond motifs is 2. The maximum atomic E-state index is 5.68. The highest BCUT2D eigenvalue weighted by molar-refractivity contribution is 9.09. The van der Waals surface area contributed by atoms with E-state index in [2.05, 4.69) is 40.2 Å². The Labute approximate surface area is 92.6 Å². The highest BCUT2D eigenvalue weighted by Crippen LogP contribution is 2.57. The molecule has 1 nitrogen and oxygen atoms in total. The second-order valence-corrected chi connectivity index (χ2v) is 5.01. The number of hydrogen-bond donors (Lipinski definition) is 0. The molecule has 1 heterocycles. The van der Waals surface area contributed by atoms with Crippen molar-refractivity contribution in [1.29, 1.82) is 0 Å². The third-order valence-electron chi connectivity index (χ3n) is 3.59. The van der Waals surface area contributed by atoms with Gasteiger partial charge in [-0.1, -0.05) is 40.2 Å². The third-order valence-corrected chi connectivity index (χ3v) is 4.37. The van der Waals surface area contributed by atoms with Crippen LogP contribution in [0.5, 0.6) is 0 Å². The van der Waals surface area contributed by atoms with Crippen LogP contribution in [0.1, 0.15) is 17.5 Å². The van der Waals surface area contributed by atoms with Crippen LogP contribution in [-0.2, 0) is 16.8 Å². The molecule has 1 fully saturated rings. The van der Waals surface area contributed by atoms with Crippen molar-refractivity contribution in [2.45, 2.75) is 18.4 Å². The van der Waals surface area contributed by atoms with Gasteiger partial charge in [-0.05, 0) is 23.5 Å². The van der Waals surface area contributed by atoms with E-state index in [1.807, 2.05) is 0 Å². The van der Waals surface area contributed by atoms with Gasteiger partial charge in [-0.3, -0.25) is 0 Å². The normalized spacial score (nSPS) is 34.2. The van der Waals surface area contributed by atoms with Gasteiger partial charge in [0.1, 0.15) is 0 Å². The molecule has 2 aliphatic rings. The van der Waals surface area contributed by atoms with Crippen molar-refractivity contribution >= 4 is 15.9 Å². The molecule has 0 radical (unpaired) electrons. The summed E-state index contributed by atoms with van der Waals surface area (Å²) >= 11 is 3.58. The van der Waals surface area contributed by atoms with Crippen molar-refractivity contribution < 1.29 is 4.74 Å². The number of rotatable bonds is 1. The maximum absolute atomic E-state index is 5.68. The summed E-state index contributed by atoms with van der Waals surface area (Å²) in [5.41, 5.74) is 3.29. The minimum atomic E-state index is 0.359. The first kappa shape index (κ1) is 8.93. The van der Waals surface area contributed by atoms with E-state index in [1.54, 1.807) is 0 Å². The van der Waals surface area contributed by atoms with Gasteiger partial charge in [0.05, 0.1) is 13.2 Å². The average molecular weight is 253 g/mol. The van der Waals surface area contributed by atoms with Crippen molar-refractivity contribution in [1.82, 2.24) is 0 Å². The van der Waals surface area contributed by atoms with E-state index < -0.39 is 0 Å². The number of alkyl halides is 1. The van der Waals surface area contributed by atoms with E-state index in [-0.39, 0.29) is 0 Å². The molecule has 74 valence electrons. The first-order valence-corrected chi connectivity index (χ1v) is 6.21. The molecule has 1 aliphatic heterocycles. The van der Waals surface area contributed by atoms with Crippen LogP contribution >= 0.6 is 15.9 Å². The van der Waals surface area contributed by atoms with Crippen LogP contribution in [0.3, 0.4) is 0 Å². The zero-order chi connectivity index (χ0) is 9.60. The largest absolute Gasteiger partial charge is 0.376 e. The van der Waals surface area contributed by atoms with Crippen molar-refractivity contribution in [3.63, 3.8) is 0 Å². The molecule has 14 heavy (non-hydrogen) atoms. The molecule has 1 saturated carbocycles. The van der Waals surface area contributed by atoms with E-state index in [9.17, 15) is 0 Å². The Morgan fingerprint density at radius 2 is 2.29 bits per heavy atom. The molecule has 0 amide bonds. The minimum absolute atomic E-state index is 0.359. The number of halogens is 1. The predicted molar refractivity (Wildman–Crippen MR) is 59.7 cm³/mol. The summed E-state index contributed by atoms with van der Waals surface area (Å²) in [5.74, 6) is 0.781. The molecule has 0 N–H and O–H groups in total. The molecule has 1 aromatic carbocycles. The van der Waals surface area contributed by atoms with E-state index in [0.29, 0.717) is 5.41 Å². The minimum Gasteiger partial charge on any atom is -0.376 e. The van der Waals surface area contributed by atoms with Gasteiger partial charge in [0.2, 0.25) is 0 Å². The Morgan fingerprint density at radius 1 is 1.43 bits per heavy atom. The molecule has 1 spiro atoms. The SMILES string of the molecule is BrCC1CC12COCc1ccccc12. The second kappa shape index (κ2) is 3.07. The predicted octanol–water partition coefficient (Wildman–Crippen LogP) is 2.87. The maximum Gasteiger partial charge on any atom is 0.0720 e. The fraction of sp³-hybridized carbons (Fsp3) is 0.500. The standard InChI is InChI=1S/C12H13BrO/c13-6-10-5-12(10)8-14-7-9-3-1-2-4-11(9)12/h1-4,10H,5-8H2. The highest BCUT2D eigenvalue weighted by Gasteiger charge is 2.56. The summed E-state index contributed by atoms with van der Waals surface area (Å²) in [6.45, 7) is 1.72. The Morgan fingerprint density at radius 3 is 3.07 bits per heavy atom. The zero-order valence-electron chi connectivity index (χ0n) is 8.00. The smallest absolute Gasteiger partial charge is 0.0720 e. The molecule has 1 aromatic rings. The highest BCUT2D eigenvalue weighted by atomic mass is 79.9. The summed E-state index contributed by atoms with van der Waals surface area (Å²) in [6.07, 6.45) is 1.29. The first-order chi connectivity index (χ1) is 6.87.